The standard InChI is InChI=1S/C22H17F4N5O2S/c1-28-11-18(32)14-4-3-12(8-16(14)23)31-20(34)30(19(33)21(31)5-2-6-21)13-7-15(22(24,25)26)17(9-27)29-10-13/h3-4,7-8,10,28H,2,5-6,11H2,1H3. The number of benzene rings is 1. The molecule has 1 spiro atoms. The molecule has 0 radical (unpaired) electrons. The van der Waals surface area contributed by atoms with Crippen molar-refractivity contribution in [1.82, 2.24) is 10.3 Å². The maximum absolute atomic E-state index is 14.8. The van der Waals surface area contributed by atoms with Crippen LogP contribution in [0.3, 0.4) is 0 Å². The summed E-state index contributed by atoms with van der Waals surface area (Å²) in [7, 11) is 1.55. The Balaban J connectivity index is 1.78. The minimum Gasteiger partial charge on any atom is -0.313 e. The minimum absolute atomic E-state index is 0.0676. The molecule has 1 aliphatic carbocycles. The first-order valence-electron chi connectivity index (χ1n) is 10.2. The lowest BCUT2D eigenvalue weighted by molar-refractivity contribution is -0.138. The second kappa shape index (κ2) is 8.41. The van der Waals surface area contributed by atoms with Crippen molar-refractivity contribution in [2.45, 2.75) is 31.0 Å². The number of thiocarbonyl (C=S) groups is 1. The van der Waals surface area contributed by atoms with Crippen LogP contribution in [0.15, 0.2) is 30.5 Å². The number of aromatic nitrogens is 1. The van der Waals surface area contributed by atoms with Crippen molar-refractivity contribution in [1.29, 1.82) is 5.26 Å². The summed E-state index contributed by atoms with van der Waals surface area (Å²) in [6.07, 6.45) is -2.50. The highest BCUT2D eigenvalue weighted by atomic mass is 32.1. The summed E-state index contributed by atoms with van der Waals surface area (Å²) < 4.78 is 55.2. The highest BCUT2D eigenvalue weighted by molar-refractivity contribution is 7.81. The molecule has 1 aromatic heterocycles. The number of alkyl halides is 3. The van der Waals surface area contributed by atoms with E-state index < -0.39 is 40.5 Å². The van der Waals surface area contributed by atoms with Crippen molar-refractivity contribution >= 4 is 40.4 Å². The van der Waals surface area contributed by atoms with Crippen molar-refractivity contribution in [3.05, 3.63) is 53.1 Å². The van der Waals surface area contributed by atoms with Gasteiger partial charge in [-0.1, -0.05) is 0 Å². The van der Waals surface area contributed by atoms with E-state index in [1.165, 1.54) is 23.1 Å². The zero-order valence-corrected chi connectivity index (χ0v) is 18.6. The van der Waals surface area contributed by atoms with Gasteiger partial charge in [-0.15, -0.1) is 0 Å². The van der Waals surface area contributed by atoms with E-state index in [2.05, 4.69) is 10.3 Å². The number of ketones is 1. The average Bonchev–Trinajstić information content (AvgIpc) is 2.99. The second-order valence-corrected chi connectivity index (χ2v) is 8.33. The van der Waals surface area contributed by atoms with E-state index >= 15 is 0 Å². The van der Waals surface area contributed by atoms with Gasteiger partial charge in [0.05, 0.1) is 29.6 Å². The molecule has 2 fully saturated rings. The van der Waals surface area contributed by atoms with Crippen LogP contribution in [-0.2, 0) is 11.0 Å². The smallest absolute Gasteiger partial charge is 0.313 e. The number of hydrogen-bond acceptors (Lipinski definition) is 6. The Morgan fingerprint density at radius 1 is 1.29 bits per heavy atom. The predicted molar refractivity (Wildman–Crippen MR) is 118 cm³/mol. The van der Waals surface area contributed by atoms with Gasteiger partial charge in [-0.2, -0.15) is 18.4 Å². The fourth-order valence-corrected chi connectivity index (χ4v) is 4.68. The zero-order valence-electron chi connectivity index (χ0n) is 17.7. The van der Waals surface area contributed by atoms with Crippen LogP contribution in [0.5, 0.6) is 0 Å². The Morgan fingerprint density at radius 3 is 2.53 bits per heavy atom. The SMILES string of the molecule is CNCC(=O)c1ccc(N2C(=S)N(c3cnc(C#N)c(C(F)(F)F)c3)C(=O)C23CCC3)cc1F. The Morgan fingerprint density at radius 2 is 2.00 bits per heavy atom. The van der Waals surface area contributed by atoms with Crippen LogP contribution in [0.1, 0.15) is 40.9 Å². The monoisotopic (exact) mass is 491 g/mol. The molecular weight excluding hydrogens is 474 g/mol. The number of carbonyl (C=O) groups excluding carboxylic acids is 2. The summed E-state index contributed by atoms with van der Waals surface area (Å²) in [5, 5.41) is 11.5. The lowest BCUT2D eigenvalue weighted by atomic mass is 9.75. The van der Waals surface area contributed by atoms with Gasteiger partial charge in [-0.25, -0.2) is 9.37 Å². The van der Waals surface area contributed by atoms with Gasteiger partial charge in [0.25, 0.3) is 5.91 Å². The number of pyridine rings is 1. The molecule has 1 aliphatic heterocycles. The molecule has 2 aliphatic rings. The molecule has 1 saturated carbocycles. The number of nitrogens with zero attached hydrogens (tertiary/aromatic N) is 4. The lowest BCUT2D eigenvalue weighted by Crippen LogP contribution is -2.55. The molecule has 0 atom stereocenters. The number of likely N-dealkylation sites (N-methyl/N-ethyl adjacent to an activating group) is 1. The van der Waals surface area contributed by atoms with Gasteiger partial charge in [-0.05, 0) is 62.8 Å². The Bertz CT molecular complexity index is 1250. The second-order valence-electron chi connectivity index (χ2n) is 7.96. The van der Waals surface area contributed by atoms with E-state index in [0.717, 1.165) is 17.2 Å². The maximum atomic E-state index is 14.8. The van der Waals surface area contributed by atoms with Crippen LogP contribution in [0.25, 0.3) is 0 Å². The number of rotatable bonds is 5. The number of carbonyl (C=O) groups is 2. The number of nitrogens with one attached hydrogen (secondary N) is 1. The number of anilines is 2. The first-order valence-corrected chi connectivity index (χ1v) is 10.6. The van der Waals surface area contributed by atoms with Gasteiger partial charge in [0, 0.05) is 5.69 Å². The van der Waals surface area contributed by atoms with Gasteiger partial charge in [0.1, 0.15) is 17.4 Å². The summed E-state index contributed by atoms with van der Waals surface area (Å²) in [4.78, 5) is 31.5. The number of hydrogen-bond donors (Lipinski definition) is 1. The van der Waals surface area contributed by atoms with Crippen molar-refractivity contribution in [3.8, 4) is 6.07 Å². The first kappa shape index (κ1) is 23.7. The molecule has 2 aromatic rings. The Hall–Kier alpha value is -3.43. The highest BCUT2D eigenvalue weighted by Crippen LogP contribution is 2.48. The third-order valence-electron chi connectivity index (χ3n) is 5.98. The molecule has 1 aromatic carbocycles. The third kappa shape index (κ3) is 3.61. The van der Waals surface area contributed by atoms with E-state index in [1.54, 1.807) is 7.05 Å². The summed E-state index contributed by atoms with van der Waals surface area (Å²) in [5.74, 6) is -1.82. The molecule has 0 bridgehead atoms. The number of halogens is 4. The van der Waals surface area contributed by atoms with Crippen LogP contribution in [0.4, 0.5) is 28.9 Å². The highest BCUT2D eigenvalue weighted by Gasteiger charge is 2.59. The molecule has 1 N–H and O–H groups in total. The maximum Gasteiger partial charge on any atom is 0.419 e. The zero-order chi connectivity index (χ0) is 24.8. The van der Waals surface area contributed by atoms with E-state index in [1.807, 2.05) is 0 Å². The summed E-state index contributed by atoms with van der Waals surface area (Å²) >= 11 is 5.48. The number of Topliss-reactive ketones (excluding diaryl/α,β-unsaturated/α-hetero) is 1. The molecule has 34 heavy (non-hydrogen) atoms. The fraction of sp³-hybridized carbons (Fsp3) is 0.318. The summed E-state index contributed by atoms with van der Waals surface area (Å²) in [5.41, 5.74) is -3.46. The van der Waals surface area contributed by atoms with Crippen LogP contribution in [0.2, 0.25) is 0 Å². The van der Waals surface area contributed by atoms with Crippen LogP contribution >= 0.6 is 12.2 Å². The van der Waals surface area contributed by atoms with Crippen molar-refractivity contribution in [2.75, 3.05) is 23.4 Å². The Kier molecular flexibility index (Phi) is 5.87. The van der Waals surface area contributed by atoms with Crippen molar-refractivity contribution < 1.29 is 27.2 Å². The normalized spacial score (nSPS) is 17.2. The third-order valence-corrected chi connectivity index (χ3v) is 6.35. The molecule has 12 heteroatoms. The molecule has 2 heterocycles. The minimum atomic E-state index is -4.87. The molecule has 176 valence electrons. The first-order chi connectivity index (χ1) is 16.0. The molecule has 7 nitrogen and oxygen atoms in total. The van der Waals surface area contributed by atoms with E-state index in [4.69, 9.17) is 17.5 Å². The molecule has 1 saturated heterocycles. The molecule has 4 rings (SSSR count). The van der Waals surface area contributed by atoms with E-state index in [9.17, 15) is 27.2 Å². The van der Waals surface area contributed by atoms with Crippen molar-refractivity contribution in [3.63, 3.8) is 0 Å². The van der Waals surface area contributed by atoms with Gasteiger partial charge in [-0.3, -0.25) is 14.5 Å². The average molecular weight is 491 g/mol. The quantitative estimate of drug-likeness (QED) is 0.389. The van der Waals surface area contributed by atoms with Gasteiger partial charge in [0.15, 0.2) is 16.6 Å². The number of amides is 1. The van der Waals surface area contributed by atoms with E-state index in [-0.39, 0.29) is 28.6 Å². The van der Waals surface area contributed by atoms with E-state index in [0.29, 0.717) is 25.3 Å². The lowest BCUT2D eigenvalue weighted by Gasteiger charge is -2.43. The van der Waals surface area contributed by atoms with Gasteiger partial charge in [0.2, 0.25) is 0 Å². The molecule has 1 amide bonds. The van der Waals surface area contributed by atoms with Gasteiger partial charge >= 0.3 is 6.18 Å². The topological polar surface area (TPSA) is 89.3 Å². The molecular formula is C22H17F4N5O2S. The van der Waals surface area contributed by atoms with Crippen LogP contribution in [0, 0.1) is 17.1 Å². The van der Waals surface area contributed by atoms with Crippen molar-refractivity contribution in [2.24, 2.45) is 0 Å². The van der Waals surface area contributed by atoms with Gasteiger partial charge < -0.3 is 10.2 Å². The number of nitriles is 1. The Labute approximate surface area is 197 Å². The largest absolute Gasteiger partial charge is 0.419 e. The predicted octanol–water partition coefficient (Wildman–Crippen LogP) is 3.57. The fourth-order valence-electron chi connectivity index (χ4n) is 4.21. The summed E-state index contributed by atoms with van der Waals surface area (Å²) in [6.45, 7) is -0.0676. The molecule has 0 unspecified atom stereocenters. The van der Waals surface area contributed by atoms with Crippen LogP contribution in [-0.4, -0.2) is 40.9 Å². The van der Waals surface area contributed by atoms with Crippen LogP contribution < -0.4 is 15.1 Å². The summed E-state index contributed by atoms with van der Waals surface area (Å²) in [6, 6.07) is 5.88.